The number of thiazole rings is 1. The Balaban J connectivity index is 2.18. The minimum absolute atomic E-state index is 0.0860. The summed E-state index contributed by atoms with van der Waals surface area (Å²) in [6.45, 7) is 1.97. The minimum Gasteiger partial charge on any atom is -0.323 e. The molecule has 0 saturated heterocycles. The van der Waals surface area contributed by atoms with Crippen molar-refractivity contribution in [2.24, 2.45) is 5.73 Å². The molecule has 0 aliphatic rings. The van der Waals surface area contributed by atoms with Crippen LogP contribution in [-0.4, -0.2) is 4.98 Å². The monoisotopic (exact) mass is 286 g/mol. The van der Waals surface area contributed by atoms with Crippen LogP contribution in [-0.2, 0) is 6.42 Å². The van der Waals surface area contributed by atoms with Gasteiger partial charge in [-0.3, -0.25) is 0 Å². The third-order valence-corrected chi connectivity index (χ3v) is 4.38. The van der Waals surface area contributed by atoms with E-state index in [1.165, 1.54) is 0 Å². The summed E-state index contributed by atoms with van der Waals surface area (Å²) in [5, 5.41) is 2.18. The summed E-state index contributed by atoms with van der Waals surface area (Å²) in [6.07, 6.45) is 2.49. The molecule has 1 atom stereocenters. The van der Waals surface area contributed by atoms with E-state index in [4.69, 9.17) is 28.9 Å². The number of benzene rings is 1. The first kappa shape index (κ1) is 12.8. The third-order valence-electron chi connectivity index (χ3n) is 2.48. The van der Waals surface area contributed by atoms with Crippen molar-refractivity contribution in [2.75, 3.05) is 0 Å². The number of aromatic nitrogens is 1. The zero-order valence-corrected chi connectivity index (χ0v) is 11.6. The van der Waals surface area contributed by atoms with E-state index in [0.717, 1.165) is 15.4 Å². The molecule has 2 nitrogen and oxygen atoms in total. The second-order valence-corrected chi connectivity index (χ2v) is 5.86. The van der Waals surface area contributed by atoms with Crippen LogP contribution in [0.1, 0.15) is 21.5 Å². The molecule has 17 heavy (non-hydrogen) atoms. The third kappa shape index (κ3) is 2.99. The fraction of sp³-hybridized carbons (Fsp3) is 0.250. The van der Waals surface area contributed by atoms with Crippen molar-refractivity contribution < 1.29 is 0 Å². The molecule has 2 rings (SSSR count). The van der Waals surface area contributed by atoms with E-state index in [9.17, 15) is 0 Å². The van der Waals surface area contributed by atoms with E-state index in [1.807, 2.05) is 25.3 Å². The molecule has 0 aliphatic heterocycles. The molecule has 5 heteroatoms. The number of hydrogen-bond acceptors (Lipinski definition) is 3. The lowest BCUT2D eigenvalue weighted by Crippen LogP contribution is -2.12. The average molecular weight is 287 g/mol. The Kier molecular flexibility index (Phi) is 4.05. The fourth-order valence-corrected chi connectivity index (χ4v) is 2.78. The highest BCUT2D eigenvalue weighted by Gasteiger charge is 2.13. The van der Waals surface area contributed by atoms with E-state index >= 15 is 0 Å². The normalized spacial score (nSPS) is 12.7. The first-order valence-corrected chi connectivity index (χ1v) is 6.76. The van der Waals surface area contributed by atoms with Crippen molar-refractivity contribution in [1.82, 2.24) is 4.98 Å². The highest BCUT2D eigenvalue weighted by Crippen LogP contribution is 2.29. The Morgan fingerprint density at radius 3 is 2.82 bits per heavy atom. The van der Waals surface area contributed by atoms with Gasteiger partial charge in [-0.1, -0.05) is 35.3 Å². The number of nitrogens with two attached hydrogens (primary N) is 1. The van der Waals surface area contributed by atoms with Crippen LogP contribution in [0.15, 0.2) is 24.4 Å². The van der Waals surface area contributed by atoms with Crippen LogP contribution in [0, 0.1) is 6.92 Å². The lowest BCUT2D eigenvalue weighted by molar-refractivity contribution is 0.734. The van der Waals surface area contributed by atoms with Gasteiger partial charge in [0.1, 0.15) is 0 Å². The number of nitrogens with zero attached hydrogens (tertiary/aromatic N) is 1. The molecular weight excluding hydrogens is 275 g/mol. The van der Waals surface area contributed by atoms with Crippen LogP contribution in [0.4, 0.5) is 0 Å². The van der Waals surface area contributed by atoms with Crippen molar-refractivity contribution in [2.45, 2.75) is 19.4 Å². The van der Waals surface area contributed by atoms with Gasteiger partial charge in [0.15, 0.2) is 0 Å². The molecule has 1 heterocycles. The van der Waals surface area contributed by atoms with Crippen LogP contribution in [0.3, 0.4) is 0 Å². The van der Waals surface area contributed by atoms with Crippen molar-refractivity contribution >= 4 is 34.5 Å². The molecular formula is C12H12Cl2N2S. The maximum atomic E-state index is 6.13. The van der Waals surface area contributed by atoms with Crippen LogP contribution in [0.5, 0.6) is 0 Å². The van der Waals surface area contributed by atoms with Crippen LogP contribution >= 0.6 is 34.5 Å². The predicted octanol–water partition coefficient (Wildman–Crippen LogP) is 4.00. The minimum atomic E-state index is -0.0860. The van der Waals surface area contributed by atoms with Gasteiger partial charge in [0.2, 0.25) is 0 Å². The molecule has 0 bridgehead atoms. The molecule has 1 aromatic carbocycles. The van der Waals surface area contributed by atoms with Gasteiger partial charge in [-0.05, 0) is 25.0 Å². The van der Waals surface area contributed by atoms with Gasteiger partial charge >= 0.3 is 0 Å². The summed E-state index contributed by atoms with van der Waals surface area (Å²) in [4.78, 5) is 5.27. The van der Waals surface area contributed by atoms with Crippen molar-refractivity contribution in [3.8, 4) is 0 Å². The molecule has 0 aliphatic carbocycles. The van der Waals surface area contributed by atoms with E-state index in [2.05, 4.69) is 4.98 Å². The lowest BCUT2D eigenvalue weighted by atomic mass is 10.1. The molecule has 1 aromatic heterocycles. The fourth-order valence-electron chi connectivity index (χ4n) is 1.59. The van der Waals surface area contributed by atoms with Gasteiger partial charge in [0.05, 0.1) is 15.1 Å². The van der Waals surface area contributed by atoms with Crippen molar-refractivity contribution in [1.29, 1.82) is 0 Å². The van der Waals surface area contributed by atoms with Gasteiger partial charge in [0.25, 0.3) is 0 Å². The van der Waals surface area contributed by atoms with E-state index in [1.54, 1.807) is 17.4 Å². The molecule has 2 N–H and O–H groups in total. The van der Waals surface area contributed by atoms with Crippen LogP contribution in [0.25, 0.3) is 0 Å². The summed E-state index contributed by atoms with van der Waals surface area (Å²) in [6, 6.07) is 5.52. The molecule has 2 aromatic rings. The van der Waals surface area contributed by atoms with Crippen LogP contribution in [0.2, 0.25) is 10.0 Å². The van der Waals surface area contributed by atoms with Crippen molar-refractivity contribution in [3.05, 3.63) is 49.9 Å². The number of aryl methyl sites for hydroxylation is 1. The molecule has 0 radical (unpaired) electrons. The molecule has 0 spiro atoms. The van der Waals surface area contributed by atoms with E-state index in [0.29, 0.717) is 16.5 Å². The van der Waals surface area contributed by atoms with E-state index < -0.39 is 0 Å². The summed E-state index contributed by atoms with van der Waals surface area (Å²) in [5.74, 6) is 0. The largest absolute Gasteiger partial charge is 0.323 e. The summed E-state index contributed by atoms with van der Waals surface area (Å²) < 4.78 is 0. The second-order valence-electron chi connectivity index (χ2n) is 3.81. The molecule has 0 amide bonds. The van der Waals surface area contributed by atoms with Gasteiger partial charge < -0.3 is 5.73 Å². The first-order chi connectivity index (χ1) is 8.08. The smallest absolute Gasteiger partial charge is 0.0897 e. The SMILES string of the molecule is Cc1ncc(C(N)Cc2cccc(Cl)c2Cl)s1. The predicted molar refractivity (Wildman–Crippen MR) is 73.9 cm³/mol. The quantitative estimate of drug-likeness (QED) is 0.926. The Hall–Kier alpha value is -0.610. The molecule has 90 valence electrons. The van der Waals surface area contributed by atoms with Gasteiger partial charge in [-0.15, -0.1) is 11.3 Å². The Morgan fingerprint density at radius 1 is 1.41 bits per heavy atom. The molecule has 0 saturated carbocycles. The highest BCUT2D eigenvalue weighted by molar-refractivity contribution is 7.11. The van der Waals surface area contributed by atoms with Gasteiger partial charge in [-0.25, -0.2) is 4.98 Å². The maximum absolute atomic E-state index is 6.13. The maximum Gasteiger partial charge on any atom is 0.0897 e. The number of halogens is 2. The number of rotatable bonds is 3. The summed E-state index contributed by atoms with van der Waals surface area (Å²) >= 11 is 13.7. The van der Waals surface area contributed by atoms with E-state index in [-0.39, 0.29) is 6.04 Å². The summed E-state index contributed by atoms with van der Waals surface area (Å²) in [7, 11) is 0. The zero-order chi connectivity index (χ0) is 12.4. The van der Waals surface area contributed by atoms with Gasteiger partial charge in [0, 0.05) is 17.1 Å². The first-order valence-electron chi connectivity index (χ1n) is 5.18. The Labute approximate surface area is 114 Å². The summed E-state index contributed by atoms with van der Waals surface area (Å²) in [5.41, 5.74) is 7.10. The molecule has 1 unspecified atom stereocenters. The van der Waals surface area contributed by atoms with Crippen molar-refractivity contribution in [3.63, 3.8) is 0 Å². The standard InChI is InChI=1S/C12H12Cl2N2S/c1-7-16-6-11(17-7)10(15)5-8-3-2-4-9(13)12(8)14/h2-4,6,10H,5,15H2,1H3. The van der Waals surface area contributed by atoms with Gasteiger partial charge in [-0.2, -0.15) is 0 Å². The van der Waals surface area contributed by atoms with Crippen LogP contribution < -0.4 is 5.73 Å². The average Bonchev–Trinajstić information content (AvgIpc) is 2.72. The highest BCUT2D eigenvalue weighted by atomic mass is 35.5. The zero-order valence-electron chi connectivity index (χ0n) is 9.28. The number of hydrogen-bond donors (Lipinski definition) is 1. The second kappa shape index (κ2) is 5.36. The Bertz CT molecular complexity index is 525. The lowest BCUT2D eigenvalue weighted by Gasteiger charge is -2.11. The molecule has 0 fully saturated rings. The Morgan fingerprint density at radius 2 is 2.18 bits per heavy atom. The topological polar surface area (TPSA) is 38.9 Å².